The Morgan fingerprint density at radius 1 is 1.22 bits per heavy atom. The predicted molar refractivity (Wildman–Crippen MR) is 86.4 cm³/mol. The lowest BCUT2D eigenvalue weighted by Gasteiger charge is -2.27. The van der Waals surface area contributed by atoms with Crippen LogP contribution in [0, 0.1) is 13.8 Å². The number of hydrogen-bond donors (Lipinski definition) is 3. The summed E-state index contributed by atoms with van der Waals surface area (Å²) < 4.78 is 10.5. The zero-order valence-electron chi connectivity index (χ0n) is 13.3. The summed E-state index contributed by atoms with van der Waals surface area (Å²) in [6.07, 6.45) is 0.412. The minimum absolute atomic E-state index is 0.361. The van der Waals surface area contributed by atoms with Gasteiger partial charge in [0.05, 0.1) is 18.4 Å². The van der Waals surface area contributed by atoms with Crippen LogP contribution in [-0.4, -0.2) is 41.5 Å². The lowest BCUT2D eigenvalue weighted by molar-refractivity contribution is 0.0299. The molecule has 3 heterocycles. The standard InChI is InChI=1S/C11H13NO.C5H8BNO3/c1-2-4-9-8(3-1)7-13-11-6-12-5-10(9)11;1-3-5(6(8)9)4(2)10-7-3/h1-4,10-12H,5-7H2;8-9H,1-2H3. The Hall–Kier alpha value is -1.67. The van der Waals surface area contributed by atoms with Crippen molar-refractivity contribution >= 4 is 12.6 Å². The number of rotatable bonds is 1. The van der Waals surface area contributed by atoms with Crippen molar-refractivity contribution < 1.29 is 19.3 Å². The molecule has 2 unspecified atom stereocenters. The molecule has 3 N–H and O–H groups in total. The lowest BCUT2D eigenvalue weighted by Crippen LogP contribution is -2.32. The van der Waals surface area contributed by atoms with E-state index in [2.05, 4.69) is 39.3 Å². The smallest absolute Gasteiger partial charge is 0.423 e. The summed E-state index contributed by atoms with van der Waals surface area (Å²) in [5.74, 6) is 1.04. The van der Waals surface area contributed by atoms with Crippen LogP contribution < -0.4 is 10.8 Å². The third-order valence-electron chi connectivity index (χ3n) is 4.41. The van der Waals surface area contributed by atoms with Crippen LogP contribution in [0.25, 0.3) is 0 Å². The number of benzene rings is 1. The summed E-state index contributed by atoms with van der Waals surface area (Å²) in [7, 11) is -1.48. The van der Waals surface area contributed by atoms with Crippen molar-refractivity contribution in [2.75, 3.05) is 13.1 Å². The van der Waals surface area contributed by atoms with Crippen molar-refractivity contribution in [3.8, 4) is 0 Å². The van der Waals surface area contributed by atoms with Crippen LogP contribution in [0.5, 0.6) is 0 Å². The van der Waals surface area contributed by atoms with Crippen molar-refractivity contribution in [1.29, 1.82) is 0 Å². The molecule has 1 aromatic heterocycles. The highest BCUT2D eigenvalue weighted by Crippen LogP contribution is 2.32. The Morgan fingerprint density at radius 3 is 2.65 bits per heavy atom. The van der Waals surface area contributed by atoms with Gasteiger partial charge in [-0.2, -0.15) is 0 Å². The molecule has 0 amide bonds. The number of nitrogens with one attached hydrogen (secondary N) is 1. The molecule has 0 spiro atoms. The highest BCUT2D eigenvalue weighted by atomic mass is 16.5. The van der Waals surface area contributed by atoms with Crippen molar-refractivity contribution in [2.24, 2.45) is 0 Å². The highest BCUT2D eigenvalue weighted by molar-refractivity contribution is 6.59. The quantitative estimate of drug-likeness (QED) is 0.654. The summed E-state index contributed by atoms with van der Waals surface area (Å²) in [6.45, 7) is 6.17. The molecule has 6 nitrogen and oxygen atoms in total. The van der Waals surface area contributed by atoms with Gasteiger partial charge in [-0.3, -0.25) is 0 Å². The molecule has 0 saturated carbocycles. The normalized spacial score (nSPS) is 21.9. The van der Waals surface area contributed by atoms with Crippen LogP contribution in [0.15, 0.2) is 28.8 Å². The van der Waals surface area contributed by atoms with E-state index in [1.165, 1.54) is 11.1 Å². The number of aryl methyl sites for hydroxylation is 2. The van der Waals surface area contributed by atoms with Crippen molar-refractivity contribution in [3.63, 3.8) is 0 Å². The van der Waals surface area contributed by atoms with E-state index in [0.29, 0.717) is 28.9 Å². The third-order valence-corrected chi connectivity index (χ3v) is 4.41. The fourth-order valence-corrected chi connectivity index (χ4v) is 3.22. The zero-order valence-corrected chi connectivity index (χ0v) is 13.3. The Balaban J connectivity index is 0.000000142. The molecule has 1 aromatic carbocycles. The van der Waals surface area contributed by atoms with E-state index in [1.54, 1.807) is 13.8 Å². The highest BCUT2D eigenvalue weighted by Gasteiger charge is 2.33. The predicted octanol–water partition coefficient (Wildman–Crippen LogP) is 0.243. The van der Waals surface area contributed by atoms with Crippen molar-refractivity contribution in [1.82, 2.24) is 10.5 Å². The molecule has 0 bridgehead atoms. The largest absolute Gasteiger partial charge is 0.494 e. The van der Waals surface area contributed by atoms with Gasteiger partial charge in [0.15, 0.2) is 0 Å². The first-order chi connectivity index (χ1) is 11.1. The van der Waals surface area contributed by atoms with Crippen LogP contribution in [0.1, 0.15) is 28.5 Å². The molecule has 0 aliphatic carbocycles. The van der Waals surface area contributed by atoms with Gasteiger partial charge in [-0.05, 0) is 25.0 Å². The van der Waals surface area contributed by atoms with E-state index < -0.39 is 7.12 Å². The Kier molecular flexibility index (Phi) is 4.82. The number of hydrogen-bond acceptors (Lipinski definition) is 6. The second-order valence-electron chi connectivity index (χ2n) is 5.92. The molecule has 2 atom stereocenters. The van der Waals surface area contributed by atoms with Gasteiger partial charge in [-0.25, -0.2) is 0 Å². The van der Waals surface area contributed by atoms with E-state index in [9.17, 15) is 0 Å². The van der Waals surface area contributed by atoms with Crippen molar-refractivity contribution in [2.45, 2.75) is 32.5 Å². The van der Waals surface area contributed by atoms with Crippen molar-refractivity contribution in [3.05, 3.63) is 46.8 Å². The average molecular weight is 316 g/mol. The van der Waals surface area contributed by atoms with E-state index in [4.69, 9.17) is 14.8 Å². The number of ether oxygens (including phenoxy) is 1. The SMILES string of the molecule is Cc1noc(C)c1B(O)O.c1ccc2c(c1)COC1CNCC21. The molecular weight excluding hydrogens is 295 g/mol. The molecule has 122 valence electrons. The summed E-state index contributed by atoms with van der Waals surface area (Å²) in [4.78, 5) is 0. The molecule has 1 fully saturated rings. The summed E-state index contributed by atoms with van der Waals surface area (Å²) in [5.41, 5.74) is 3.74. The Labute approximate surface area is 135 Å². The van der Waals surface area contributed by atoms with E-state index in [0.717, 1.165) is 19.7 Å². The molecule has 1 saturated heterocycles. The fourth-order valence-electron chi connectivity index (χ4n) is 3.22. The maximum absolute atomic E-state index is 8.73. The minimum atomic E-state index is -1.48. The number of aromatic nitrogens is 1. The molecule has 0 radical (unpaired) electrons. The zero-order chi connectivity index (χ0) is 16.4. The average Bonchev–Trinajstić information content (AvgIpc) is 3.14. The monoisotopic (exact) mass is 316 g/mol. The van der Waals surface area contributed by atoms with Gasteiger partial charge >= 0.3 is 7.12 Å². The van der Waals surface area contributed by atoms with Gasteiger partial charge in [0.2, 0.25) is 0 Å². The summed E-state index contributed by atoms with van der Waals surface area (Å²) >= 11 is 0. The Morgan fingerprint density at radius 2 is 2.00 bits per heavy atom. The molecule has 2 aliphatic rings. The molecular formula is C16H21BN2O4. The van der Waals surface area contributed by atoms with Gasteiger partial charge < -0.3 is 24.6 Å². The lowest BCUT2D eigenvalue weighted by atomic mass is 9.79. The first-order valence-corrected chi connectivity index (χ1v) is 7.77. The van der Waals surface area contributed by atoms with E-state index >= 15 is 0 Å². The first kappa shape index (κ1) is 16.2. The summed E-state index contributed by atoms with van der Waals surface area (Å²) in [6, 6.07) is 8.62. The van der Waals surface area contributed by atoms with Crippen LogP contribution in [0.3, 0.4) is 0 Å². The van der Waals surface area contributed by atoms with Gasteiger partial charge in [-0.15, -0.1) is 0 Å². The number of fused-ring (bicyclic) bond motifs is 3. The summed E-state index contributed by atoms with van der Waals surface area (Å²) in [5, 5.41) is 24.4. The Bertz CT molecular complexity index is 654. The maximum atomic E-state index is 8.73. The fraction of sp³-hybridized carbons (Fsp3) is 0.438. The molecule has 7 heteroatoms. The second-order valence-corrected chi connectivity index (χ2v) is 5.92. The van der Waals surface area contributed by atoms with Gasteiger partial charge in [-0.1, -0.05) is 29.4 Å². The third kappa shape index (κ3) is 3.33. The van der Waals surface area contributed by atoms with Crippen LogP contribution >= 0.6 is 0 Å². The molecule has 23 heavy (non-hydrogen) atoms. The molecule has 2 aromatic rings. The van der Waals surface area contributed by atoms with E-state index in [-0.39, 0.29) is 0 Å². The van der Waals surface area contributed by atoms with Gasteiger partial charge in [0.25, 0.3) is 0 Å². The first-order valence-electron chi connectivity index (χ1n) is 7.77. The molecule has 2 aliphatic heterocycles. The maximum Gasteiger partial charge on any atom is 0.494 e. The second kappa shape index (κ2) is 6.84. The molecule has 4 rings (SSSR count). The topological polar surface area (TPSA) is 87.8 Å². The minimum Gasteiger partial charge on any atom is -0.423 e. The van der Waals surface area contributed by atoms with E-state index in [1.807, 2.05) is 0 Å². The number of nitrogens with zero attached hydrogens (tertiary/aromatic N) is 1. The van der Waals surface area contributed by atoms with Gasteiger partial charge in [0.1, 0.15) is 5.76 Å². The van der Waals surface area contributed by atoms with Crippen LogP contribution in [0.4, 0.5) is 0 Å². The van der Waals surface area contributed by atoms with Crippen LogP contribution in [0.2, 0.25) is 0 Å². The van der Waals surface area contributed by atoms with Crippen LogP contribution in [-0.2, 0) is 11.3 Å². The van der Waals surface area contributed by atoms with Gasteiger partial charge in [0, 0.05) is 24.5 Å².